The number of carboxylic acid groups (broad SMARTS) is 1. The van der Waals surface area contributed by atoms with Crippen molar-refractivity contribution >= 4 is 22.9 Å². The molecule has 1 aromatic heterocycles. The summed E-state index contributed by atoms with van der Waals surface area (Å²) in [5, 5.41) is 8.87. The van der Waals surface area contributed by atoms with Crippen LogP contribution in [0, 0.1) is 5.92 Å². The van der Waals surface area contributed by atoms with Gasteiger partial charge in [-0.05, 0) is 18.2 Å². The fourth-order valence-electron chi connectivity index (χ4n) is 1.89. The van der Waals surface area contributed by atoms with Gasteiger partial charge >= 0.3 is 5.97 Å². The van der Waals surface area contributed by atoms with Gasteiger partial charge in [-0.25, -0.2) is 0 Å². The molecule has 1 aromatic carbocycles. The number of carboxylic acids is 1. The third-order valence-electron chi connectivity index (χ3n) is 3.03. The monoisotopic (exact) mass is 273 g/mol. The zero-order valence-corrected chi connectivity index (χ0v) is 11.3. The molecular weight excluding hydrogens is 258 g/mol. The molecule has 0 aliphatic carbocycles. The van der Waals surface area contributed by atoms with Crippen molar-refractivity contribution in [2.24, 2.45) is 5.92 Å². The number of nitrogens with zero attached hydrogens (tertiary/aromatic N) is 3. The highest BCUT2D eigenvalue weighted by Crippen LogP contribution is 2.13. The number of aromatic nitrogens is 2. The Morgan fingerprint density at radius 3 is 2.55 bits per heavy atom. The van der Waals surface area contributed by atoms with E-state index < -0.39 is 11.9 Å². The van der Waals surface area contributed by atoms with Gasteiger partial charge in [-0.15, -0.1) is 0 Å². The molecule has 0 spiro atoms. The largest absolute Gasteiger partial charge is 0.481 e. The van der Waals surface area contributed by atoms with Gasteiger partial charge in [-0.3, -0.25) is 19.6 Å². The molecule has 1 unspecified atom stereocenters. The zero-order chi connectivity index (χ0) is 14.7. The molecule has 0 bridgehead atoms. The second-order valence-electron chi connectivity index (χ2n) is 4.68. The summed E-state index contributed by atoms with van der Waals surface area (Å²) >= 11 is 0. The number of fused-ring (bicyclic) bond motifs is 1. The van der Waals surface area contributed by atoms with Crippen LogP contribution in [0.3, 0.4) is 0 Å². The number of amides is 1. The summed E-state index contributed by atoms with van der Waals surface area (Å²) in [4.78, 5) is 32.7. The molecular formula is C14H15N3O3. The normalized spacial score (nSPS) is 12.1. The topological polar surface area (TPSA) is 83.4 Å². The van der Waals surface area contributed by atoms with E-state index in [1.165, 1.54) is 4.90 Å². The van der Waals surface area contributed by atoms with Gasteiger partial charge in [-0.2, -0.15) is 0 Å². The lowest BCUT2D eigenvalue weighted by molar-refractivity contribution is -0.141. The van der Waals surface area contributed by atoms with Gasteiger partial charge < -0.3 is 10.0 Å². The summed E-state index contributed by atoms with van der Waals surface area (Å²) in [5.74, 6) is -1.76. The van der Waals surface area contributed by atoms with Crippen molar-refractivity contribution in [1.82, 2.24) is 14.9 Å². The first kappa shape index (κ1) is 13.9. The smallest absolute Gasteiger partial charge is 0.308 e. The molecule has 104 valence electrons. The van der Waals surface area contributed by atoms with Crippen molar-refractivity contribution in [2.45, 2.75) is 6.92 Å². The van der Waals surface area contributed by atoms with Crippen molar-refractivity contribution in [3.8, 4) is 0 Å². The summed E-state index contributed by atoms with van der Waals surface area (Å²) in [7, 11) is 1.59. The molecule has 6 nitrogen and oxygen atoms in total. The SMILES string of the molecule is CC(CN(C)C(=O)c1ccc2nccnc2c1)C(=O)O. The maximum atomic E-state index is 12.2. The van der Waals surface area contributed by atoms with E-state index in [0.717, 1.165) is 0 Å². The molecule has 6 heteroatoms. The number of carbonyl (C=O) groups is 2. The van der Waals surface area contributed by atoms with Crippen LogP contribution >= 0.6 is 0 Å². The van der Waals surface area contributed by atoms with Crippen LogP contribution in [0.4, 0.5) is 0 Å². The van der Waals surface area contributed by atoms with E-state index in [4.69, 9.17) is 5.11 Å². The van der Waals surface area contributed by atoms with E-state index in [0.29, 0.717) is 16.6 Å². The van der Waals surface area contributed by atoms with Gasteiger partial charge in [-0.1, -0.05) is 6.92 Å². The number of aliphatic carboxylic acids is 1. The van der Waals surface area contributed by atoms with Crippen LogP contribution in [0.5, 0.6) is 0 Å². The second kappa shape index (κ2) is 5.64. The number of rotatable bonds is 4. The molecule has 1 heterocycles. The molecule has 0 radical (unpaired) electrons. The molecule has 0 saturated heterocycles. The number of hydrogen-bond acceptors (Lipinski definition) is 4. The highest BCUT2D eigenvalue weighted by Gasteiger charge is 2.18. The van der Waals surface area contributed by atoms with Gasteiger partial charge in [0.1, 0.15) is 0 Å². The fraction of sp³-hybridized carbons (Fsp3) is 0.286. The third-order valence-corrected chi connectivity index (χ3v) is 3.03. The van der Waals surface area contributed by atoms with Gasteiger partial charge in [0.05, 0.1) is 17.0 Å². The molecule has 1 atom stereocenters. The Kier molecular flexibility index (Phi) is 3.93. The Labute approximate surface area is 116 Å². The van der Waals surface area contributed by atoms with E-state index in [1.807, 2.05) is 0 Å². The van der Waals surface area contributed by atoms with Crippen molar-refractivity contribution in [3.63, 3.8) is 0 Å². The summed E-state index contributed by atoms with van der Waals surface area (Å²) < 4.78 is 0. The average Bonchev–Trinajstić information content (AvgIpc) is 2.45. The fourth-order valence-corrected chi connectivity index (χ4v) is 1.89. The van der Waals surface area contributed by atoms with Crippen molar-refractivity contribution in [3.05, 3.63) is 36.2 Å². The molecule has 1 N–H and O–H groups in total. The van der Waals surface area contributed by atoms with E-state index >= 15 is 0 Å². The Morgan fingerprint density at radius 1 is 1.25 bits per heavy atom. The Hall–Kier alpha value is -2.50. The van der Waals surface area contributed by atoms with E-state index in [9.17, 15) is 9.59 Å². The van der Waals surface area contributed by atoms with E-state index in [1.54, 1.807) is 44.6 Å². The van der Waals surface area contributed by atoms with Crippen LogP contribution in [0.15, 0.2) is 30.6 Å². The van der Waals surface area contributed by atoms with Crippen molar-refractivity contribution in [2.75, 3.05) is 13.6 Å². The average molecular weight is 273 g/mol. The van der Waals surface area contributed by atoms with Gasteiger partial charge in [0, 0.05) is 31.5 Å². The Balaban J connectivity index is 2.20. The lowest BCUT2D eigenvalue weighted by Gasteiger charge is -2.19. The Morgan fingerprint density at radius 2 is 1.90 bits per heavy atom. The minimum atomic E-state index is -0.922. The van der Waals surface area contributed by atoms with Crippen LogP contribution in [0.25, 0.3) is 11.0 Å². The van der Waals surface area contributed by atoms with Crippen molar-refractivity contribution < 1.29 is 14.7 Å². The molecule has 1 amide bonds. The lowest BCUT2D eigenvalue weighted by Crippen LogP contribution is -2.33. The number of carbonyl (C=O) groups excluding carboxylic acids is 1. The molecule has 2 aromatic rings. The minimum Gasteiger partial charge on any atom is -0.481 e. The highest BCUT2D eigenvalue weighted by molar-refractivity contribution is 5.97. The first-order valence-corrected chi connectivity index (χ1v) is 6.18. The van der Waals surface area contributed by atoms with E-state index in [2.05, 4.69) is 9.97 Å². The second-order valence-corrected chi connectivity index (χ2v) is 4.68. The van der Waals surface area contributed by atoms with Crippen molar-refractivity contribution in [1.29, 1.82) is 0 Å². The van der Waals surface area contributed by atoms with Crippen LogP contribution in [-0.4, -0.2) is 45.4 Å². The van der Waals surface area contributed by atoms with E-state index in [-0.39, 0.29) is 12.5 Å². The summed E-state index contributed by atoms with van der Waals surface area (Å²) in [6.45, 7) is 1.73. The zero-order valence-electron chi connectivity index (χ0n) is 11.3. The van der Waals surface area contributed by atoms with Gasteiger partial charge in [0.15, 0.2) is 0 Å². The highest BCUT2D eigenvalue weighted by atomic mass is 16.4. The summed E-state index contributed by atoms with van der Waals surface area (Å²) in [6.07, 6.45) is 3.15. The molecule has 0 saturated carbocycles. The quantitative estimate of drug-likeness (QED) is 0.910. The molecule has 2 rings (SSSR count). The van der Waals surface area contributed by atoms with Crippen LogP contribution in [0.1, 0.15) is 17.3 Å². The maximum Gasteiger partial charge on any atom is 0.308 e. The summed E-state index contributed by atoms with van der Waals surface area (Å²) in [6, 6.07) is 5.05. The molecule has 0 aliphatic heterocycles. The molecule has 20 heavy (non-hydrogen) atoms. The predicted octanol–water partition coefficient (Wildman–Crippen LogP) is 1.42. The number of hydrogen-bond donors (Lipinski definition) is 1. The molecule has 0 fully saturated rings. The summed E-state index contributed by atoms with van der Waals surface area (Å²) in [5.41, 5.74) is 1.82. The van der Waals surface area contributed by atoms with Crippen LogP contribution in [-0.2, 0) is 4.79 Å². The standard InChI is InChI=1S/C14H15N3O3/c1-9(14(19)20)8-17(2)13(18)10-3-4-11-12(7-10)16-6-5-15-11/h3-7,9H,8H2,1-2H3,(H,19,20). The third kappa shape index (κ3) is 2.90. The molecule has 0 aliphatic rings. The predicted molar refractivity (Wildman–Crippen MR) is 73.3 cm³/mol. The van der Waals surface area contributed by atoms with Gasteiger partial charge in [0.2, 0.25) is 0 Å². The Bertz CT molecular complexity index is 657. The minimum absolute atomic E-state index is 0.159. The number of benzene rings is 1. The van der Waals surface area contributed by atoms with Crippen LogP contribution in [0.2, 0.25) is 0 Å². The van der Waals surface area contributed by atoms with Crippen LogP contribution < -0.4 is 0 Å². The van der Waals surface area contributed by atoms with Gasteiger partial charge in [0.25, 0.3) is 5.91 Å². The first-order valence-electron chi connectivity index (χ1n) is 6.18. The first-order chi connectivity index (χ1) is 9.49. The lowest BCUT2D eigenvalue weighted by atomic mass is 10.1. The maximum absolute atomic E-state index is 12.2.